The van der Waals surface area contributed by atoms with Gasteiger partial charge in [0, 0.05) is 24.5 Å². The zero-order chi connectivity index (χ0) is 15.9. The van der Waals surface area contributed by atoms with Crippen LogP contribution >= 0.6 is 0 Å². The molecular weight excluding hydrogens is 276 g/mol. The standard InChI is InChI=1S/C18H24N2O2/c1-13-5-3-7-15(9-13)19-11-17(21)18(22)12-20-16-8-4-6-14(2)10-16/h3-10,17-22H,11-12H2,1-2H3/t17-,18+. The van der Waals surface area contributed by atoms with Gasteiger partial charge in [-0.1, -0.05) is 24.3 Å². The van der Waals surface area contributed by atoms with E-state index in [0.717, 1.165) is 22.5 Å². The number of nitrogens with one attached hydrogen (secondary N) is 2. The smallest absolute Gasteiger partial charge is 0.0988 e. The summed E-state index contributed by atoms with van der Waals surface area (Å²) in [7, 11) is 0. The molecule has 0 aliphatic heterocycles. The molecule has 0 radical (unpaired) electrons. The van der Waals surface area contributed by atoms with Crippen LogP contribution < -0.4 is 10.6 Å². The number of aryl methyl sites for hydroxylation is 2. The summed E-state index contributed by atoms with van der Waals surface area (Å²) in [5.74, 6) is 0. The molecule has 0 saturated heterocycles. The van der Waals surface area contributed by atoms with Crippen LogP contribution in [-0.4, -0.2) is 35.5 Å². The number of benzene rings is 2. The maximum absolute atomic E-state index is 10.0. The van der Waals surface area contributed by atoms with Crippen molar-refractivity contribution in [3.05, 3.63) is 59.7 Å². The molecule has 0 bridgehead atoms. The summed E-state index contributed by atoms with van der Waals surface area (Å²) in [6.45, 7) is 4.64. The first-order valence-electron chi connectivity index (χ1n) is 7.52. The molecule has 0 spiro atoms. The summed E-state index contributed by atoms with van der Waals surface area (Å²) in [4.78, 5) is 0. The highest BCUT2D eigenvalue weighted by atomic mass is 16.3. The first-order valence-corrected chi connectivity index (χ1v) is 7.52. The van der Waals surface area contributed by atoms with E-state index in [1.807, 2.05) is 62.4 Å². The van der Waals surface area contributed by atoms with Gasteiger partial charge in [0.2, 0.25) is 0 Å². The van der Waals surface area contributed by atoms with Gasteiger partial charge < -0.3 is 20.8 Å². The van der Waals surface area contributed by atoms with Gasteiger partial charge in [-0.15, -0.1) is 0 Å². The van der Waals surface area contributed by atoms with Crippen LogP contribution in [0.15, 0.2) is 48.5 Å². The second-order valence-electron chi connectivity index (χ2n) is 5.64. The van der Waals surface area contributed by atoms with Crippen molar-refractivity contribution in [3.63, 3.8) is 0 Å². The number of aliphatic hydroxyl groups is 2. The number of hydrogen-bond acceptors (Lipinski definition) is 4. The van der Waals surface area contributed by atoms with Crippen LogP contribution in [-0.2, 0) is 0 Å². The minimum atomic E-state index is -0.835. The van der Waals surface area contributed by atoms with Gasteiger partial charge in [0.15, 0.2) is 0 Å². The average molecular weight is 300 g/mol. The van der Waals surface area contributed by atoms with Crippen molar-refractivity contribution in [2.24, 2.45) is 0 Å². The van der Waals surface area contributed by atoms with Crippen molar-refractivity contribution in [2.75, 3.05) is 23.7 Å². The highest BCUT2D eigenvalue weighted by Crippen LogP contribution is 2.11. The van der Waals surface area contributed by atoms with E-state index < -0.39 is 12.2 Å². The Morgan fingerprint density at radius 1 is 0.773 bits per heavy atom. The molecule has 2 aromatic rings. The van der Waals surface area contributed by atoms with Gasteiger partial charge in [0.1, 0.15) is 0 Å². The number of anilines is 2. The van der Waals surface area contributed by atoms with Crippen LogP contribution in [0.1, 0.15) is 11.1 Å². The summed E-state index contributed by atoms with van der Waals surface area (Å²) in [5, 5.41) is 26.3. The highest BCUT2D eigenvalue weighted by molar-refractivity contribution is 5.46. The molecule has 2 aromatic carbocycles. The van der Waals surface area contributed by atoms with E-state index in [1.54, 1.807) is 0 Å². The van der Waals surface area contributed by atoms with E-state index in [9.17, 15) is 10.2 Å². The largest absolute Gasteiger partial charge is 0.389 e. The Morgan fingerprint density at radius 2 is 1.18 bits per heavy atom. The second kappa shape index (κ2) is 7.82. The molecule has 0 heterocycles. The highest BCUT2D eigenvalue weighted by Gasteiger charge is 2.15. The molecule has 2 atom stereocenters. The SMILES string of the molecule is Cc1cccc(NC[C@@H](O)[C@@H](O)CNc2cccc(C)c2)c1. The zero-order valence-corrected chi connectivity index (χ0v) is 13.1. The molecule has 0 saturated carbocycles. The zero-order valence-electron chi connectivity index (χ0n) is 13.1. The van der Waals surface area contributed by atoms with Crippen LogP contribution in [0.5, 0.6) is 0 Å². The van der Waals surface area contributed by atoms with E-state index in [4.69, 9.17) is 0 Å². The first kappa shape index (κ1) is 16.3. The van der Waals surface area contributed by atoms with E-state index in [-0.39, 0.29) is 0 Å². The molecule has 4 nitrogen and oxygen atoms in total. The summed E-state index contributed by atoms with van der Waals surface area (Å²) in [6.07, 6.45) is -1.67. The van der Waals surface area contributed by atoms with Gasteiger partial charge >= 0.3 is 0 Å². The fourth-order valence-electron chi connectivity index (χ4n) is 2.23. The van der Waals surface area contributed by atoms with Gasteiger partial charge in [0.25, 0.3) is 0 Å². The molecule has 0 unspecified atom stereocenters. The molecule has 118 valence electrons. The lowest BCUT2D eigenvalue weighted by molar-refractivity contribution is 0.0363. The van der Waals surface area contributed by atoms with Gasteiger partial charge in [-0.2, -0.15) is 0 Å². The van der Waals surface area contributed by atoms with Gasteiger partial charge in [-0.25, -0.2) is 0 Å². The van der Waals surface area contributed by atoms with Crippen molar-refractivity contribution in [1.82, 2.24) is 0 Å². The molecule has 4 heteroatoms. The van der Waals surface area contributed by atoms with Crippen molar-refractivity contribution in [2.45, 2.75) is 26.1 Å². The number of rotatable bonds is 7. The van der Waals surface area contributed by atoms with Crippen LogP contribution in [0.4, 0.5) is 11.4 Å². The van der Waals surface area contributed by atoms with Gasteiger partial charge in [0.05, 0.1) is 12.2 Å². The number of aliphatic hydroxyl groups excluding tert-OH is 2. The van der Waals surface area contributed by atoms with Gasteiger partial charge in [-0.05, 0) is 49.2 Å². The quantitative estimate of drug-likeness (QED) is 0.634. The molecular formula is C18H24N2O2. The molecule has 22 heavy (non-hydrogen) atoms. The predicted molar refractivity (Wildman–Crippen MR) is 91.4 cm³/mol. The molecule has 0 amide bonds. The molecule has 0 aliphatic carbocycles. The van der Waals surface area contributed by atoms with E-state index >= 15 is 0 Å². The Balaban J connectivity index is 1.78. The lowest BCUT2D eigenvalue weighted by atomic mass is 10.1. The van der Waals surface area contributed by atoms with Crippen LogP contribution in [0.3, 0.4) is 0 Å². The second-order valence-corrected chi connectivity index (χ2v) is 5.64. The summed E-state index contributed by atoms with van der Waals surface area (Å²) < 4.78 is 0. The third-order valence-electron chi connectivity index (χ3n) is 3.51. The molecule has 0 aliphatic rings. The van der Waals surface area contributed by atoms with Crippen LogP contribution in [0.25, 0.3) is 0 Å². The van der Waals surface area contributed by atoms with Crippen molar-refractivity contribution >= 4 is 11.4 Å². The Bertz CT molecular complexity index is 548. The summed E-state index contributed by atoms with van der Waals surface area (Å²) in [5.41, 5.74) is 4.19. The third kappa shape index (κ3) is 5.06. The molecule has 0 aromatic heterocycles. The summed E-state index contributed by atoms with van der Waals surface area (Å²) >= 11 is 0. The predicted octanol–water partition coefficient (Wildman–Crippen LogP) is 2.55. The lowest BCUT2D eigenvalue weighted by Crippen LogP contribution is -2.37. The van der Waals surface area contributed by atoms with Crippen molar-refractivity contribution in [3.8, 4) is 0 Å². The molecule has 2 rings (SSSR count). The molecule has 0 fully saturated rings. The number of hydrogen-bond donors (Lipinski definition) is 4. The fraction of sp³-hybridized carbons (Fsp3) is 0.333. The Labute approximate surface area is 131 Å². The average Bonchev–Trinajstić information content (AvgIpc) is 2.50. The first-order chi connectivity index (χ1) is 10.5. The van der Waals surface area contributed by atoms with Crippen molar-refractivity contribution in [1.29, 1.82) is 0 Å². The van der Waals surface area contributed by atoms with Gasteiger partial charge in [-0.3, -0.25) is 0 Å². The monoisotopic (exact) mass is 300 g/mol. The summed E-state index contributed by atoms with van der Waals surface area (Å²) in [6, 6.07) is 15.8. The third-order valence-corrected chi connectivity index (χ3v) is 3.51. The Morgan fingerprint density at radius 3 is 1.55 bits per heavy atom. The van der Waals surface area contributed by atoms with Crippen LogP contribution in [0, 0.1) is 13.8 Å². The Hall–Kier alpha value is -2.04. The fourth-order valence-corrected chi connectivity index (χ4v) is 2.23. The van der Waals surface area contributed by atoms with Crippen LogP contribution in [0.2, 0.25) is 0 Å². The Kier molecular flexibility index (Phi) is 5.81. The maximum atomic E-state index is 10.0. The van der Waals surface area contributed by atoms with E-state index in [2.05, 4.69) is 10.6 Å². The minimum Gasteiger partial charge on any atom is -0.389 e. The molecule has 4 N–H and O–H groups in total. The minimum absolute atomic E-state index is 0.306. The van der Waals surface area contributed by atoms with Crippen molar-refractivity contribution < 1.29 is 10.2 Å². The van der Waals surface area contributed by atoms with E-state index in [0.29, 0.717) is 13.1 Å². The maximum Gasteiger partial charge on any atom is 0.0988 e. The lowest BCUT2D eigenvalue weighted by Gasteiger charge is -2.20. The topological polar surface area (TPSA) is 64.5 Å². The normalized spacial score (nSPS) is 13.5. The van der Waals surface area contributed by atoms with E-state index in [1.165, 1.54) is 0 Å².